The molecule has 0 atom stereocenters. The van der Waals surface area contributed by atoms with Gasteiger partial charge < -0.3 is 4.90 Å². The Morgan fingerprint density at radius 2 is 1.60 bits per heavy atom. The number of carbonyl (C=O) groups is 2. The minimum absolute atomic E-state index is 0.0256. The molecule has 0 aromatic heterocycles. The highest BCUT2D eigenvalue weighted by Gasteiger charge is 2.29. The van der Waals surface area contributed by atoms with Crippen molar-refractivity contribution < 1.29 is 18.0 Å². The second-order valence-corrected chi connectivity index (χ2v) is 12.1. The van der Waals surface area contributed by atoms with Gasteiger partial charge in [0.25, 0.3) is 5.91 Å². The number of nitrogens with zero attached hydrogens (tertiary/aromatic N) is 1. The van der Waals surface area contributed by atoms with Crippen LogP contribution < -0.4 is 4.72 Å². The highest BCUT2D eigenvalue weighted by atomic mass is 32.2. The van der Waals surface area contributed by atoms with Crippen molar-refractivity contribution in [2.45, 2.75) is 69.7 Å². The first-order valence-electron chi connectivity index (χ1n) is 12.8. The molecule has 0 radical (unpaired) electrons. The minimum Gasteiger partial charge on any atom is -0.339 e. The van der Waals surface area contributed by atoms with Crippen molar-refractivity contribution in [2.24, 2.45) is 11.8 Å². The van der Waals surface area contributed by atoms with Gasteiger partial charge in [-0.3, -0.25) is 9.59 Å². The van der Waals surface area contributed by atoms with Gasteiger partial charge >= 0.3 is 0 Å². The van der Waals surface area contributed by atoms with Crippen molar-refractivity contribution in [3.8, 4) is 0 Å². The predicted octanol–water partition coefficient (Wildman–Crippen LogP) is 4.84. The molecule has 188 valence electrons. The van der Waals surface area contributed by atoms with Crippen LogP contribution in [0.25, 0.3) is 0 Å². The Morgan fingerprint density at radius 3 is 2.23 bits per heavy atom. The van der Waals surface area contributed by atoms with E-state index in [-0.39, 0.29) is 28.5 Å². The number of carbonyl (C=O) groups excluding carboxylic acids is 2. The van der Waals surface area contributed by atoms with Crippen LogP contribution in [0.1, 0.15) is 78.7 Å². The van der Waals surface area contributed by atoms with Gasteiger partial charge in [0, 0.05) is 36.2 Å². The molecule has 35 heavy (non-hydrogen) atoms. The van der Waals surface area contributed by atoms with Gasteiger partial charge in [-0.2, -0.15) is 0 Å². The average Bonchev–Trinajstić information content (AvgIpc) is 3.36. The summed E-state index contributed by atoms with van der Waals surface area (Å²) in [5.74, 6) is 0.422. The van der Waals surface area contributed by atoms with E-state index in [1.807, 2.05) is 24.3 Å². The summed E-state index contributed by atoms with van der Waals surface area (Å²) >= 11 is 0. The zero-order valence-corrected chi connectivity index (χ0v) is 21.5. The summed E-state index contributed by atoms with van der Waals surface area (Å²) in [4.78, 5) is 28.0. The van der Waals surface area contributed by atoms with E-state index in [0.29, 0.717) is 37.4 Å². The summed E-state index contributed by atoms with van der Waals surface area (Å²) in [6.45, 7) is 5.32. The molecule has 1 aliphatic carbocycles. The third kappa shape index (κ3) is 6.39. The standard InChI is InChI=1S/C28H36N2O4S/c1-20(2)18-21-10-12-22(13-11-21)27(31)23-14-16-30(17-15-23)28(32)24-6-5-9-26(19-24)35(33,34)29-25-7-3-4-8-25/h5-6,9-13,19-20,23,25,29H,3-4,7-8,14-18H2,1-2H3. The van der Waals surface area contributed by atoms with Crippen LogP contribution in [0, 0.1) is 11.8 Å². The summed E-state index contributed by atoms with van der Waals surface area (Å²) < 4.78 is 28.4. The SMILES string of the molecule is CC(C)Cc1ccc(C(=O)C2CCN(C(=O)c3cccc(S(=O)(=O)NC4CCCC4)c3)CC2)cc1. The number of benzene rings is 2. The van der Waals surface area contributed by atoms with E-state index < -0.39 is 10.0 Å². The van der Waals surface area contributed by atoms with E-state index in [1.165, 1.54) is 17.7 Å². The summed E-state index contributed by atoms with van der Waals surface area (Å²) in [5.41, 5.74) is 2.33. The summed E-state index contributed by atoms with van der Waals surface area (Å²) in [6, 6.07) is 14.2. The number of sulfonamides is 1. The minimum atomic E-state index is -3.66. The largest absolute Gasteiger partial charge is 0.339 e. The molecule has 2 aromatic carbocycles. The van der Waals surface area contributed by atoms with E-state index in [1.54, 1.807) is 17.0 Å². The van der Waals surface area contributed by atoms with Gasteiger partial charge in [0.1, 0.15) is 0 Å². The first kappa shape index (κ1) is 25.6. The van der Waals surface area contributed by atoms with Crippen LogP contribution >= 0.6 is 0 Å². The molecule has 0 bridgehead atoms. The quantitative estimate of drug-likeness (QED) is 0.530. The molecule has 1 heterocycles. The van der Waals surface area contributed by atoms with Crippen LogP contribution in [0.2, 0.25) is 0 Å². The van der Waals surface area contributed by atoms with Gasteiger partial charge in [-0.15, -0.1) is 0 Å². The molecule has 2 fully saturated rings. The number of nitrogens with one attached hydrogen (secondary N) is 1. The molecule has 6 nitrogen and oxygen atoms in total. The molecule has 1 saturated carbocycles. The zero-order chi connectivity index (χ0) is 25.0. The van der Waals surface area contributed by atoms with Gasteiger partial charge in [0.15, 0.2) is 5.78 Å². The number of likely N-dealkylation sites (tertiary alicyclic amines) is 1. The van der Waals surface area contributed by atoms with Crippen LogP contribution in [-0.2, 0) is 16.4 Å². The Morgan fingerprint density at radius 1 is 0.943 bits per heavy atom. The molecule has 1 amide bonds. The van der Waals surface area contributed by atoms with E-state index >= 15 is 0 Å². The Balaban J connectivity index is 1.36. The number of rotatable bonds is 8. The lowest BCUT2D eigenvalue weighted by Gasteiger charge is -2.31. The average molecular weight is 497 g/mol. The summed E-state index contributed by atoms with van der Waals surface area (Å²) in [5, 5.41) is 0. The first-order chi connectivity index (χ1) is 16.7. The van der Waals surface area contributed by atoms with Crippen molar-refractivity contribution in [3.63, 3.8) is 0 Å². The monoisotopic (exact) mass is 496 g/mol. The van der Waals surface area contributed by atoms with Crippen molar-refractivity contribution >= 4 is 21.7 Å². The molecule has 0 spiro atoms. The van der Waals surface area contributed by atoms with E-state index in [0.717, 1.165) is 37.7 Å². The highest BCUT2D eigenvalue weighted by molar-refractivity contribution is 7.89. The van der Waals surface area contributed by atoms with E-state index in [4.69, 9.17) is 0 Å². The van der Waals surface area contributed by atoms with Gasteiger partial charge in [0.2, 0.25) is 10.0 Å². The van der Waals surface area contributed by atoms with Crippen molar-refractivity contribution in [3.05, 3.63) is 65.2 Å². The Hall–Kier alpha value is -2.51. The fourth-order valence-corrected chi connectivity index (χ4v) is 6.52. The molecule has 1 N–H and O–H groups in total. The molecule has 1 saturated heterocycles. The van der Waals surface area contributed by atoms with Crippen molar-refractivity contribution in [1.29, 1.82) is 0 Å². The van der Waals surface area contributed by atoms with Crippen LogP contribution in [-0.4, -0.2) is 44.1 Å². The fourth-order valence-electron chi connectivity index (χ4n) is 5.17. The molecular weight excluding hydrogens is 460 g/mol. The van der Waals surface area contributed by atoms with Gasteiger partial charge in [0.05, 0.1) is 4.90 Å². The second kappa shape index (κ2) is 11.0. The number of ketones is 1. The van der Waals surface area contributed by atoms with Crippen LogP contribution in [0.5, 0.6) is 0 Å². The Kier molecular flexibility index (Phi) is 8.07. The third-order valence-corrected chi connectivity index (χ3v) is 8.62. The lowest BCUT2D eigenvalue weighted by atomic mass is 9.88. The van der Waals surface area contributed by atoms with Crippen molar-refractivity contribution in [1.82, 2.24) is 9.62 Å². The maximum Gasteiger partial charge on any atom is 0.253 e. The number of Topliss-reactive ketones (excluding diaryl/α,β-unsaturated/α-hetero) is 1. The van der Waals surface area contributed by atoms with Crippen LogP contribution in [0.3, 0.4) is 0 Å². The molecule has 1 aliphatic heterocycles. The van der Waals surface area contributed by atoms with Gasteiger partial charge in [-0.05, 0) is 61.8 Å². The van der Waals surface area contributed by atoms with E-state index in [2.05, 4.69) is 18.6 Å². The number of piperidine rings is 1. The zero-order valence-electron chi connectivity index (χ0n) is 20.7. The fraction of sp³-hybridized carbons (Fsp3) is 0.500. The molecular formula is C28H36N2O4S. The lowest BCUT2D eigenvalue weighted by Crippen LogP contribution is -2.40. The lowest BCUT2D eigenvalue weighted by molar-refractivity contribution is 0.0650. The molecule has 0 unspecified atom stereocenters. The molecule has 7 heteroatoms. The third-order valence-electron chi connectivity index (χ3n) is 7.10. The van der Waals surface area contributed by atoms with Gasteiger partial charge in [-0.25, -0.2) is 13.1 Å². The molecule has 2 aliphatic rings. The Labute approximate surface area is 209 Å². The summed E-state index contributed by atoms with van der Waals surface area (Å²) in [6.07, 6.45) is 6.00. The topological polar surface area (TPSA) is 83.6 Å². The maximum atomic E-state index is 13.1. The second-order valence-electron chi connectivity index (χ2n) is 10.4. The summed E-state index contributed by atoms with van der Waals surface area (Å²) in [7, 11) is -3.66. The predicted molar refractivity (Wildman–Crippen MR) is 137 cm³/mol. The normalized spacial score (nSPS) is 17.7. The van der Waals surface area contributed by atoms with Crippen molar-refractivity contribution in [2.75, 3.05) is 13.1 Å². The first-order valence-corrected chi connectivity index (χ1v) is 14.3. The van der Waals surface area contributed by atoms with E-state index in [9.17, 15) is 18.0 Å². The van der Waals surface area contributed by atoms with Crippen LogP contribution in [0.4, 0.5) is 0 Å². The maximum absolute atomic E-state index is 13.1. The molecule has 2 aromatic rings. The van der Waals surface area contributed by atoms with Crippen LogP contribution in [0.15, 0.2) is 53.4 Å². The molecule has 4 rings (SSSR count). The smallest absolute Gasteiger partial charge is 0.253 e. The number of hydrogen-bond acceptors (Lipinski definition) is 4. The number of amides is 1. The number of hydrogen-bond donors (Lipinski definition) is 1. The Bertz CT molecular complexity index is 1140. The highest BCUT2D eigenvalue weighted by Crippen LogP contribution is 2.25. The van der Waals surface area contributed by atoms with Gasteiger partial charge in [-0.1, -0.05) is 57.0 Å².